The van der Waals surface area contributed by atoms with Gasteiger partial charge in [-0.25, -0.2) is 0 Å². The van der Waals surface area contributed by atoms with Crippen molar-refractivity contribution in [1.29, 1.82) is 0 Å². The number of carbonyl (C=O) groups is 1. The Bertz CT molecular complexity index is 489. The van der Waals surface area contributed by atoms with E-state index in [1.54, 1.807) is 0 Å². The third-order valence-corrected chi connectivity index (χ3v) is 4.58. The molecule has 1 atom stereocenters. The van der Waals surface area contributed by atoms with Crippen molar-refractivity contribution in [2.45, 2.75) is 12.5 Å². The van der Waals surface area contributed by atoms with Crippen LogP contribution < -0.4 is 0 Å². The number of carbonyl (C=O) groups excluding carboxylic acids is 1. The number of hydrogen-bond donors (Lipinski definition) is 0. The van der Waals surface area contributed by atoms with Crippen molar-refractivity contribution >= 4 is 21.8 Å². The van der Waals surface area contributed by atoms with E-state index in [9.17, 15) is 4.79 Å². The molecule has 1 aromatic carbocycles. The fourth-order valence-electron chi connectivity index (χ4n) is 2.97. The summed E-state index contributed by atoms with van der Waals surface area (Å²) in [7, 11) is 0. The van der Waals surface area contributed by atoms with Crippen LogP contribution >= 0.6 is 15.9 Å². The molecule has 0 N–H and O–H groups in total. The molecule has 0 spiro atoms. The zero-order chi connectivity index (χ0) is 13.9. The van der Waals surface area contributed by atoms with Gasteiger partial charge in [-0.2, -0.15) is 0 Å². The minimum atomic E-state index is 0.141. The summed E-state index contributed by atoms with van der Waals surface area (Å²) in [4.78, 5) is 16.9. The van der Waals surface area contributed by atoms with Gasteiger partial charge in [0, 0.05) is 42.3 Å². The molecule has 0 bridgehead atoms. The standard InChI is InChI=1S/C15H19BrN2O2/c16-13-3-1-2-12(10-13)15(19)18-5-4-14(11-18)17-6-8-20-9-7-17/h1-3,10,14H,4-9,11H2. The van der Waals surface area contributed by atoms with E-state index in [0.717, 1.165) is 55.8 Å². The molecule has 0 aliphatic carbocycles. The van der Waals surface area contributed by atoms with E-state index in [0.29, 0.717) is 6.04 Å². The van der Waals surface area contributed by atoms with Crippen molar-refractivity contribution < 1.29 is 9.53 Å². The third-order valence-electron chi connectivity index (χ3n) is 4.08. The summed E-state index contributed by atoms with van der Waals surface area (Å²) in [5.41, 5.74) is 0.766. The van der Waals surface area contributed by atoms with Gasteiger partial charge in [0.1, 0.15) is 0 Å². The third kappa shape index (κ3) is 3.05. The molecule has 0 saturated carbocycles. The van der Waals surface area contributed by atoms with E-state index < -0.39 is 0 Å². The average Bonchev–Trinajstić information content (AvgIpc) is 2.97. The highest BCUT2D eigenvalue weighted by Crippen LogP contribution is 2.20. The molecule has 2 heterocycles. The van der Waals surface area contributed by atoms with Crippen LogP contribution in [0.1, 0.15) is 16.8 Å². The normalized spacial score (nSPS) is 24.1. The number of nitrogens with zero attached hydrogens (tertiary/aromatic N) is 2. The summed E-state index contributed by atoms with van der Waals surface area (Å²) in [6.45, 7) is 5.30. The first-order valence-corrected chi connectivity index (χ1v) is 7.90. The molecule has 20 heavy (non-hydrogen) atoms. The van der Waals surface area contributed by atoms with Crippen molar-refractivity contribution in [3.8, 4) is 0 Å². The van der Waals surface area contributed by atoms with Gasteiger partial charge in [-0.1, -0.05) is 22.0 Å². The second-order valence-electron chi connectivity index (χ2n) is 5.35. The highest BCUT2D eigenvalue weighted by Gasteiger charge is 2.31. The highest BCUT2D eigenvalue weighted by atomic mass is 79.9. The fraction of sp³-hybridized carbons (Fsp3) is 0.533. The average molecular weight is 339 g/mol. The molecule has 1 amide bonds. The van der Waals surface area contributed by atoms with Crippen LogP contribution in [0.5, 0.6) is 0 Å². The second kappa shape index (κ2) is 6.24. The van der Waals surface area contributed by atoms with E-state index in [1.165, 1.54) is 0 Å². The summed E-state index contributed by atoms with van der Waals surface area (Å²) in [5, 5.41) is 0. The van der Waals surface area contributed by atoms with Gasteiger partial charge in [-0.05, 0) is 24.6 Å². The Labute approximate surface area is 127 Å². The molecule has 2 saturated heterocycles. The first-order chi connectivity index (χ1) is 9.74. The number of morpholine rings is 1. The van der Waals surface area contributed by atoms with Gasteiger partial charge in [0.05, 0.1) is 13.2 Å². The van der Waals surface area contributed by atoms with E-state index in [4.69, 9.17) is 4.74 Å². The van der Waals surface area contributed by atoms with E-state index in [-0.39, 0.29) is 5.91 Å². The Balaban J connectivity index is 1.63. The van der Waals surface area contributed by atoms with Crippen LogP contribution in [0, 0.1) is 0 Å². The summed E-state index contributed by atoms with van der Waals surface area (Å²) >= 11 is 3.42. The summed E-state index contributed by atoms with van der Waals surface area (Å²) in [6, 6.07) is 8.12. The zero-order valence-corrected chi connectivity index (χ0v) is 13.0. The Hall–Kier alpha value is -0.910. The summed E-state index contributed by atoms with van der Waals surface area (Å²) in [6.07, 6.45) is 1.07. The van der Waals surface area contributed by atoms with Crippen molar-refractivity contribution in [2.24, 2.45) is 0 Å². The predicted molar refractivity (Wildman–Crippen MR) is 80.8 cm³/mol. The molecule has 1 aromatic rings. The van der Waals surface area contributed by atoms with Crippen LogP contribution in [0.2, 0.25) is 0 Å². The van der Waals surface area contributed by atoms with Crippen LogP contribution in [0.25, 0.3) is 0 Å². The lowest BCUT2D eigenvalue weighted by Gasteiger charge is -2.32. The van der Waals surface area contributed by atoms with Crippen molar-refractivity contribution in [1.82, 2.24) is 9.80 Å². The Morgan fingerprint density at radius 3 is 2.80 bits per heavy atom. The Morgan fingerprint density at radius 2 is 2.05 bits per heavy atom. The van der Waals surface area contributed by atoms with Crippen molar-refractivity contribution in [2.75, 3.05) is 39.4 Å². The topological polar surface area (TPSA) is 32.8 Å². The molecule has 3 rings (SSSR count). The minimum Gasteiger partial charge on any atom is -0.379 e. The Morgan fingerprint density at radius 1 is 1.25 bits per heavy atom. The fourth-order valence-corrected chi connectivity index (χ4v) is 3.37. The molecular formula is C15H19BrN2O2. The van der Waals surface area contributed by atoms with Gasteiger partial charge in [-0.3, -0.25) is 9.69 Å². The first-order valence-electron chi connectivity index (χ1n) is 7.11. The van der Waals surface area contributed by atoms with E-state index >= 15 is 0 Å². The lowest BCUT2D eigenvalue weighted by Crippen LogP contribution is -2.45. The number of halogens is 1. The number of benzene rings is 1. The van der Waals surface area contributed by atoms with Gasteiger partial charge in [0.25, 0.3) is 5.91 Å². The molecule has 2 fully saturated rings. The van der Waals surface area contributed by atoms with Gasteiger partial charge in [-0.15, -0.1) is 0 Å². The van der Waals surface area contributed by atoms with Gasteiger partial charge < -0.3 is 9.64 Å². The quantitative estimate of drug-likeness (QED) is 0.826. The number of ether oxygens (including phenoxy) is 1. The van der Waals surface area contributed by atoms with Gasteiger partial charge >= 0.3 is 0 Å². The molecule has 2 aliphatic rings. The van der Waals surface area contributed by atoms with E-state index in [2.05, 4.69) is 20.8 Å². The maximum Gasteiger partial charge on any atom is 0.253 e. The first kappa shape index (κ1) is 14.0. The molecule has 5 heteroatoms. The van der Waals surface area contributed by atoms with Crippen LogP contribution in [0.15, 0.2) is 28.7 Å². The molecule has 1 unspecified atom stereocenters. The summed E-state index contributed by atoms with van der Waals surface area (Å²) in [5.74, 6) is 0.141. The van der Waals surface area contributed by atoms with Gasteiger partial charge in [0.15, 0.2) is 0 Å². The molecule has 0 radical (unpaired) electrons. The maximum absolute atomic E-state index is 12.5. The van der Waals surface area contributed by atoms with E-state index in [1.807, 2.05) is 29.2 Å². The summed E-state index contributed by atoms with van der Waals surface area (Å²) < 4.78 is 6.34. The van der Waals surface area contributed by atoms with Crippen LogP contribution in [0.4, 0.5) is 0 Å². The molecular weight excluding hydrogens is 320 g/mol. The smallest absolute Gasteiger partial charge is 0.253 e. The number of hydrogen-bond acceptors (Lipinski definition) is 3. The maximum atomic E-state index is 12.5. The number of likely N-dealkylation sites (tertiary alicyclic amines) is 1. The molecule has 2 aliphatic heterocycles. The largest absolute Gasteiger partial charge is 0.379 e. The second-order valence-corrected chi connectivity index (χ2v) is 6.27. The number of amides is 1. The lowest BCUT2D eigenvalue weighted by atomic mass is 10.2. The zero-order valence-electron chi connectivity index (χ0n) is 11.4. The Kier molecular flexibility index (Phi) is 4.38. The number of rotatable bonds is 2. The molecule has 0 aromatic heterocycles. The lowest BCUT2D eigenvalue weighted by molar-refractivity contribution is 0.0185. The highest BCUT2D eigenvalue weighted by molar-refractivity contribution is 9.10. The van der Waals surface area contributed by atoms with Crippen LogP contribution in [-0.4, -0.2) is 61.1 Å². The van der Waals surface area contributed by atoms with Gasteiger partial charge in [0.2, 0.25) is 0 Å². The molecule has 108 valence electrons. The van der Waals surface area contributed by atoms with Crippen molar-refractivity contribution in [3.63, 3.8) is 0 Å². The monoisotopic (exact) mass is 338 g/mol. The SMILES string of the molecule is O=C(c1cccc(Br)c1)N1CCC(N2CCOCC2)C1. The van der Waals surface area contributed by atoms with Crippen molar-refractivity contribution in [3.05, 3.63) is 34.3 Å². The predicted octanol–water partition coefficient (Wildman–Crippen LogP) is 2.00. The minimum absolute atomic E-state index is 0.141. The van der Waals surface area contributed by atoms with Crippen LogP contribution in [0.3, 0.4) is 0 Å². The molecule has 4 nitrogen and oxygen atoms in total. The van der Waals surface area contributed by atoms with Crippen LogP contribution in [-0.2, 0) is 4.74 Å².